The van der Waals surface area contributed by atoms with Crippen LogP contribution >= 0.6 is 0 Å². The predicted octanol–water partition coefficient (Wildman–Crippen LogP) is 2.50. The van der Waals surface area contributed by atoms with Crippen LogP contribution in [-0.2, 0) is 9.53 Å². The maximum Gasteiger partial charge on any atom is 0.328 e. The average Bonchev–Trinajstić information content (AvgIpc) is 2.97. The summed E-state index contributed by atoms with van der Waals surface area (Å²) in [6, 6.07) is 9.86. The van der Waals surface area contributed by atoms with Crippen LogP contribution in [0.1, 0.15) is 19.0 Å². The van der Waals surface area contributed by atoms with Crippen LogP contribution in [0.3, 0.4) is 0 Å². The van der Waals surface area contributed by atoms with E-state index in [0.29, 0.717) is 13.0 Å². The van der Waals surface area contributed by atoms with E-state index in [1.54, 1.807) is 0 Å². The van der Waals surface area contributed by atoms with E-state index < -0.39 is 0 Å². The molecule has 0 amide bonds. The highest BCUT2D eigenvalue weighted by atomic mass is 16.5. The van der Waals surface area contributed by atoms with Crippen molar-refractivity contribution in [1.82, 2.24) is 10.3 Å². The van der Waals surface area contributed by atoms with Crippen LogP contribution in [0.25, 0.3) is 16.3 Å². The van der Waals surface area contributed by atoms with Gasteiger partial charge >= 0.3 is 5.97 Å². The van der Waals surface area contributed by atoms with Gasteiger partial charge in [0.25, 0.3) is 0 Å². The predicted molar refractivity (Wildman–Crippen MR) is 77.9 cm³/mol. The fourth-order valence-electron chi connectivity index (χ4n) is 2.37. The van der Waals surface area contributed by atoms with E-state index in [1.807, 2.05) is 37.5 Å². The number of benzene rings is 1. The third kappa shape index (κ3) is 2.37. The number of hydrogen-bond acceptors (Lipinski definition) is 4. The minimum absolute atomic E-state index is 0.209. The molecular formula is C16H16N2O2. The largest absolute Gasteiger partial charge is 0.464 e. The first-order valence-electron chi connectivity index (χ1n) is 6.75. The van der Waals surface area contributed by atoms with Gasteiger partial charge in [0.2, 0.25) is 0 Å². The lowest BCUT2D eigenvalue weighted by Gasteiger charge is -2.09. The number of esters is 1. The molecule has 1 unspecified atom stereocenters. The topological polar surface area (TPSA) is 51.2 Å². The molecule has 102 valence electrons. The van der Waals surface area contributed by atoms with Crippen LogP contribution in [-0.4, -0.2) is 23.6 Å². The summed E-state index contributed by atoms with van der Waals surface area (Å²) >= 11 is 0. The number of ether oxygens (including phenoxy) is 1. The van der Waals surface area contributed by atoms with Gasteiger partial charge in [-0.3, -0.25) is 4.98 Å². The van der Waals surface area contributed by atoms with Crippen molar-refractivity contribution >= 4 is 22.3 Å². The van der Waals surface area contributed by atoms with Crippen LogP contribution in [0.15, 0.2) is 42.7 Å². The second-order valence-corrected chi connectivity index (χ2v) is 4.76. The van der Waals surface area contributed by atoms with Crippen molar-refractivity contribution in [3.8, 4) is 0 Å². The fraction of sp³-hybridized carbons (Fsp3) is 0.250. The lowest BCUT2D eigenvalue weighted by molar-refractivity contribution is -0.145. The van der Waals surface area contributed by atoms with Gasteiger partial charge in [-0.25, -0.2) is 4.79 Å². The number of nitrogens with one attached hydrogen (secondary N) is 1. The second kappa shape index (κ2) is 5.33. The van der Waals surface area contributed by atoms with E-state index in [1.165, 1.54) is 0 Å². The van der Waals surface area contributed by atoms with Crippen molar-refractivity contribution in [1.29, 1.82) is 0 Å². The molecule has 1 aromatic carbocycles. The molecule has 0 aliphatic carbocycles. The Hall–Kier alpha value is -2.36. The Bertz CT molecular complexity index is 679. The van der Waals surface area contributed by atoms with Crippen LogP contribution in [0.4, 0.5) is 0 Å². The molecule has 0 spiro atoms. The van der Waals surface area contributed by atoms with Gasteiger partial charge in [-0.05, 0) is 23.9 Å². The maximum atomic E-state index is 11.7. The molecule has 4 nitrogen and oxygen atoms in total. The highest BCUT2D eigenvalue weighted by Gasteiger charge is 2.25. The number of pyridine rings is 1. The van der Waals surface area contributed by atoms with E-state index in [0.717, 1.165) is 22.0 Å². The normalized spacial score (nSPS) is 17.6. The number of rotatable bonds is 3. The Kier molecular flexibility index (Phi) is 3.37. The van der Waals surface area contributed by atoms with Gasteiger partial charge in [-0.2, -0.15) is 0 Å². The minimum Gasteiger partial charge on any atom is -0.464 e. The van der Waals surface area contributed by atoms with Crippen molar-refractivity contribution in [2.45, 2.75) is 19.4 Å². The Labute approximate surface area is 117 Å². The van der Waals surface area contributed by atoms with Crippen molar-refractivity contribution in [2.24, 2.45) is 0 Å². The molecule has 20 heavy (non-hydrogen) atoms. The molecule has 4 heteroatoms. The molecule has 0 radical (unpaired) electrons. The Morgan fingerprint density at radius 2 is 2.20 bits per heavy atom. The summed E-state index contributed by atoms with van der Waals surface area (Å²) < 4.78 is 5.03. The zero-order valence-corrected chi connectivity index (χ0v) is 11.3. The number of fused-ring (bicyclic) bond motifs is 1. The first-order valence-corrected chi connectivity index (χ1v) is 6.75. The highest BCUT2D eigenvalue weighted by Crippen LogP contribution is 2.25. The maximum absolute atomic E-state index is 11.7. The molecule has 1 N–H and O–H groups in total. The summed E-state index contributed by atoms with van der Waals surface area (Å²) in [4.78, 5) is 16.2. The Morgan fingerprint density at radius 1 is 1.40 bits per heavy atom. The van der Waals surface area contributed by atoms with Gasteiger partial charge in [-0.15, -0.1) is 0 Å². The van der Waals surface area contributed by atoms with E-state index in [-0.39, 0.29) is 12.0 Å². The number of nitrogens with zero attached hydrogens (tertiary/aromatic N) is 1. The number of carbonyl (C=O) groups is 1. The zero-order chi connectivity index (χ0) is 13.9. The lowest BCUT2D eigenvalue weighted by Crippen LogP contribution is -2.31. The first-order chi connectivity index (χ1) is 9.78. The fourth-order valence-corrected chi connectivity index (χ4v) is 2.37. The first kappa shape index (κ1) is 12.7. The standard InChI is InChI=1S/C16H16N2O2/c1-2-20-16(19)15-8-13(10-18-15)14-7-11-5-3-4-6-12(11)9-17-14/h3-7,9-10,15,18H,2,8H2,1H3. The average molecular weight is 268 g/mol. The number of carbonyl (C=O) groups excluding carboxylic acids is 1. The van der Waals surface area contributed by atoms with Crippen molar-refractivity contribution < 1.29 is 9.53 Å². The molecule has 2 heterocycles. The third-order valence-electron chi connectivity index (χ3n) is 3.41. The van der Waals surface area contributed by atoms with Gasteiger partial charge in [0.15, 0.2) is 0 Å². The van der Waals surface area contributed by atoms with Gasteiger partial charge in [0, 0.05) is 24.2 Å². The highest BCUT2D eigenvalue weighted by molar-refractivity contribution is 5.86. The van der Waals surface area contributed by atoms with Crippen LogP contribution in [0.2, 0.25) is 0 Å². The summed E-state index contributed by atoms with van der Waals surface area (Å²) in [5, 5.41) is 5.33. The second-order valence-electron chi connectivity index (χ2n) is 4.76. The summed E-state index contributed by atoms with van der Waals surface area (Å²) in [7, 11) is 0. The quantitative estimate of drug-likeness (QED) is 0.869. The smallest absolute Gasteiger partial charge is 0.328 e. The van der Waals surface area contributed by atoms with Crippen molar-refractivity contribution in [3.63, 3.8) is 0 Å². The van der Waals surface area contributed by atoms with Crippen molar-refractivity contribution in [2.75, 3.05) is 6.61 Å². The Balaban J connectivity index is 1.81. The number of hydrogen-bond donors (Lipinski definition) is 1. The molecule has 0 bridgehead atoms. The molecular weight excluding hydrogens is 252 g/mol. The molecule has 1 atom stereocenters. The molecule has 3 rings (SSSR count). The summed E-state index contributed by atoms with van der Waals surface area (Å²) in [5.74, 6) is -0.209. The van der Waals surface area contributed by atoms with Crippen LogP contribution < -0.4 is 5.32 Å². The third-order valence-corrected chi connectivity index (χ3v) is 3.41. The zero-order valence-electron chi connectivity index (χ0n) is 11.3. The van der Waals surface area contributed by atoms with E-state index in [9.17, 15) is 4.79 Å². The van der Waals surface area contributed by atoms with E-state index >= 15 is 0 Å². The molecule has 2 aromatic rings. The molecule has 1 aromatic heterocycles. The monoisotopic (exact) mass is 268 g/mol. The van der Waals surface area contributed by atoms with Crippen LogP contribution in [0.5, 0.6) is 0 Å². The number of aromatic nitrogens is 1. The SMILES string of the molecule is CCOC(=O)C1CC(c2cc3ccccc3cn2)=CN1. The molecule has 1 aliphatic rings. The van der Waals surface area contributed by atoms with E-state index in [4.69, 9.17) is 4.74 Å². The Morgan fingerprint density at radius 3 is 3.00 bits per heavy atom. The van der Waals surface area contributed by atoms with Crippen LogP contribution in [0, 0.1) is 0 Å². The lowest BCUT2D eigenvalue weighted by atomic mass is 10.0. The summed E-state index contributed by atoms with van der Waals surface area (Å²) in [6.45, 7) is 2.21. The molecule has 0 saturated carbocycles. The van der Waals surface area contributed by atoms with Gasteiger partial charge < -0.3 is 10.1 Å². The molecule has 0 saturated heterocycles. The van der Waals surface area contributed by atoms with Crippen molar-refractivity contribution in [3.05, 3.63) is 48.4 Å². The minimum atomic E-state index is -0.293. The molecule has 1 aliphatic heterocycles. The van der Waals surface area contributed by atoms with Gasteiger partial charge in [0.05, 0.1) is 12.3 Å². The summed E-state index contributed by atoms with van der Waals surface area (Å²) in [5.41, 5.74) is 1.94. The summed E-state index contributed by atoms with van der Waals surface area (Å²) in [6.07, 6.45) is 4.34. The van der Waals surface area contributed by atoms with Gasteiger partial charge in [0.1, 0.15) is 6.04 Å². The van der Waals surface area contributed by atoms with Gasteiger partial charge in [-0.1, -0.05) is 24.3 Å². The molecule has 0 fully saturated rings. The van der Waals surface area contributed by atoms with E-state index in [2.05, 4.69) is 22.4 Å².